The minimum atomic E-state index is -0.278. The molecule has 4 rings (SSSR count). The normalized spacial score (nSPS) is 10.2. The third kappa shape index (κ3) is 5.68. The number of nitrogens with one attached hydrogen (secondary N) is 3. The van der Waals surface area contributed by atoms with E-state index in [0.29, 0.717) is 40.1 Å². The number of hydrogen-bond acceptors (Lipinski definition) is 7. The molecule has 33 heavy (non-hydrogen) atoms. The minimum Gasteiger partial charge on any atom is -0.340 e. The Bertz CT molecular complexity index is 1340. The van der Waals surface area contributed by atoms with Crippen molar-refractivity contribution in [1.29, 1.82) is 5.26 Å². The maximum Gasteiger partial charge on any atom is 0.255 e. The van der Waals surface area contributed by atoms with Crippen LogP contribution in [-0.2, 0) is 0 Å². The van der Waals surface area contributed by atoms with Crippen LogP contribution in [-0.4, -0.2) is 20.9 Å². The molecule has 2 heterocycles. The van der Waals surface area contributed by atoms with Crippen LogP contribution in [0.4, 0.5) is 28.8 Å². The van der Waals surface area contributed by atoms with Gasteiger partial charge >= 0.3 is 0 Å². The summed E-state index contributed by atoms with van der Waals surface area (Å²) in [6, 6.07) is 21.5. The molecule has 8 nitrogen and oxygen atoms in total. The van der Waals surface area contributed by atoms with Crippen molar-refractivity contribution in [1.82, 2.24) is 15.0 Å². The first-order valence-corrected chi connectivity index (χ1v) is 10.2. The van der Waals surface area contributed by atoms with Crippen LogP contribution in [0.1, 0.15) is 27.3 Å². The molecule has 0 bridgehead atoms. The Labute approximate surface area is 191 Å². The number of anilines is 5. The van der Waals surface area contributed by atoms with Gasteiger partial charge in [-0.1, -0.05) is 6.07 Å². The van der Waals surface area contributed by atoms with E-state index >= 15 is 0 Å². The first-order chi connectivity index (χ1) is 16.0. The van der Waals surface area contributed by atoms with Gasteiger partial charge in [0, 0.05) is 29.2 Å². The fraction of sp³-hybridized carbons (Fsp3) is 0.0800. The summed E-state index contributed by atoms with van der Waals surface area (Å²) in [4.78, 5) is 25.6. The first-order valence-electron chi connectivity index (χ1n) is 10.2. The van der Waals surface area contributed by atoms with E-state index < -0.39 is 0 Å². The van der Waals surface area contributed by atoms with Gasteiger partial charge in [0.25, 0.3) is 5.91 Å². The van der Waals surface area contributed by atoms with Gasteiger partial charge in [0.05, 0.1) is 11.6 Å². The van der Waals surface area contributed by atoms with E-state index in [9.17, 15) is 4.79 Å². The monoisotopic (exact) mass is 435 g/mol. The Balaban J connectivity index is 1.44. The zero-order valence-electron chi connectivity index (χ0n) is 18.1. The van der Waals surface area contributed by atoms with Crippen LogP contribution in [0.25, 0.3) is 0 Å². The number of nitriles is 1. The van der Waals surface area contributed by atoms with Gasteiger partial charge < -0.3 is 16.0 Å². The molecule has 0 atom stereocenters. The lowest BCUT2D eigenvalue weighted by Crippen LogP contribution is -2.11. The lowest BCUT2D eigenvalue weighted by atomic mass is 10.1. The van der Waals surface area contributed by atoms with Crippen molar-refractivity contribution >= 4 is 34.7 Å². The lowest BCUT2D eigenvalue weighted by Gasteiger charge is -2.11. The third-order valence-electron chi connectivity index (χ3n) is 4.68. The van der Waals surface area contributed by atoms with Gasteiger partial charge in [-0.3, -0.25) is 4.79 Å². The number of nitrogens with zero attached hydrogens (tertiary/aromatic N) is 4. The third-order valence-corrected chi connectivity index (χ3v) is 4.68. The van der Waals surface area contributed by atoms with E-state index in [0.717, 1.165) is 11.3 Å². The number of pyridine rings is 1. The summed E-state index contributed by atoms with van der Waals surface area (Å²) in [6.07, 6.45) is 1.74. The topological polar surface area (TPSA) is 116 Å². The molecule has 0 fully saturated rings. The molecule has 0 aliphatic heterocycles. The zero-order chi connectivity index (χ0) is 23.2. The van der Waals surface area contributed by atoms with E-state index in [2.05, 4.69) is 30.9 Å². The SMILES string of the molecule is Cc1ccnc(Nc2cc(Nc3ccc(NC(=O)c4cccc(C#N)c4)cc3)nc(C)n2)c1. The van der Waals surface area contributed by atoms with Crippen molar-refractivity contribution in [2.45, 2.75) is 13.8 Å². The number of aromatic nitrogens is 3. The van der Waals surface area contributed by atoms with E-state index in [1.165, 1.54) is 0 Å². The van der Waals surface area contributed by atoms with Crippen LogP contribution in [0.5, 0.6) is 0 Å². The highest BCUT2D eigenvalue weighted by Gasteiger charge is 2.08. The summed E-state index contributed by atoms with van der Waals surface area (Å²) < 4.78 is 0. The van der Waals surface area contributed by atoms with Crippen molar-refractivity contribution < 1.29 is 4.79 Å². The quantitative estimate of drug-likeness (QED) is 0.386. The number of carbonyl (C=O) groups excluding carboxylic acids is 1. The molecule has 1 amide bonds. The van der Waals surface area contributed by atoms with Crippen LogP contribution >= 0.6 is 0 Å². The molecule has 3 N–H and O–H groups in total. The highest BCUT2D eigenvalue weighted by atomic mass is 16.1. The smallest absolute Gasteiger partial charge is 0.255 e. The maximum atomic E-state index is 12.4. The number of hydrogen-bond donors (Lipinski definition) is 3. The summed E-state index contributed by atoms with van der Waals surface area (Å²) in [6.45, 7) is 3.82. The van der Waals surface area contributed by atoms with Gasteiger partial charge in [-0.15, -0.1) is 0 Å². The van der Waals surface area contributed by atoms with E-state index in [1.807, 2.05) is 44.2 Å². The average molecular weight is 435 g/mol. The highest BCUT2D eigenvalue weighted by molar-refractivity contribution is 6.04. The Hall–Kier alpha value is -4.77. The van der Waals surface area contributed by atoms with Crippen LogP contribution in [0, 0.1) is 25.2 Å². The number of aryl methyl sites for hydroxylation is 2. The van der Waals surface area contributed by atoms with Crippen LogP contribution in [0.3, 0.4) is 0 Å². The number of amides is 1. The van der Waals surface area contributed by atoms with Crippen molar-refractivity contribution in [3.8, 4) is 6.07 Å². The van der Waals surface area contributed by atoms with Gasteiger partial charge in [0.2, 0.25) is 0 Å². The standard InChI is InChI=1S/C25H21N7O/c1-16-10-11-27-22(12-16)32-24-14-23(28-17(2)29-24)30-20-6-8-21(9-7-20)31-25(33)19-5-3-4-18(13-19)15-26/h3-14H,1-2H3,(H,31,33)(H2,27,28,29,30,32). The predicted molar refractivity (Wildman–Crippen MR) is 128 cm³/mol. The molecular weight excluding hydrogens is 414 g/mol. The Morgan fingerprint density at radius 2 is 1.58 bits per heavy atom. The number of benzene rings is 2. The van der Waals surface area contributed by atoms with Gasteiger partial charge in [0.15, 0.2) is 0 Å². The molecule has 0 radical (unpaired) electrons. The van der Waals surface area contributed by atoms with Crippen molar-refractivity contribution in [2.24, 2.45) is 0 Å². The number of carbonyl (C=O) groups is 1. The van der Waals surface area contributed by atoms with Crippen LogP contribution in [0.15, 0.2) is 72.9 Å². The average Bonchev–Trinajstić information content (AvgIpc) is 2.80. The molecule has 2 aromatic heterocycles. The van der Waals surface area contributed by atoms with Crippen molar-refractivity contribution in [2.75, 3.05) is 16.0 Å². The molecule has 0 unspecified atom stereocenters. The lowest BCUT2D eigenvalue weighted by molar-refractivity contribution is 0.102. The molecule has 0 aliphatic carbocycles. The van der Waals surface area contributed by atoms with E-state index in [-0.39, 0.29) is 5.91 Å². The summed E-state index contributed by atoms with van der Waals surface area (Å²) in [5.74, 6) is 2.30. The highest BCUT2D eigenvalue weighted by Crippen LogP contribution is 2.21. The number of rotatable bonds is 6. The molecule has 0 saturated heterocycles. The second-order valence-corrected chi connectivity index (χ2v) is 7.38. The minimum absolute atomic E-state index is 0.278. The van der Waals surface area contributed by atoms with E-state index in [4.69, 9.17) is 5.26 Å². The van der Waals surface area contributed by atoms with Gasteiger partial charge in [-0.25, -0.2) is 15.0 Å². The summed E-state index contributed by atoms with van der Waals surface area (Å²) in [5.41, 5.74) is 3.41. The van der Waals surface area contributed by atoms with Gasteiger partial charge in [-0.2, -0.15) is 5.26 Å². The fourth-order valence-electron chi connectivity index (χ4n) is 3.15. The Kier molecular flexibility index (Phi) is 6.23. The summed E-state index contributed by atoms with van der Waals surface area (Å²) in [5, 5.41) is 18.3. The molecule has 0 spiro atoms. The summed E-state index contributed by atoms with van der Waals surface area (Å²) >= 11 is 0. The first kappa shape index (κ1) is 21.5. The fourth-order valence-corrected chi connectivity index (χ4v) is 3.15. The molecule has 0 aliphatic rings. The summed E-state index contributed by atoms with van der Waals surface area (Å²) in [7, 11) is 0. The van der Waals surface area contributed by atoms with Gasteiger partial charge in [-0.05, 0) is 74.0 Å². The van der Waals surface area contributed by atoms with Crippen molar-refractivity contribution in [3.63, 3.8) is 0 Å². The maximum absolute atomic E-state index is 12.4. The molecule has 4 aromatic rings. The molecule has 162 valence electrons. The molecular formula is C25H21N7O. The second kappa shape index (κ2) is 9.58. The molecule has 2 aromatic carbocycles. The largest absolute Gasteiger partial charge is 0.340 e. The van der Waals surface area contributed by atoms with Crippen molar-refractivity contribution in [3.05, 3.63) is 95.4 Å². The van der Waals surface area contributed by atoms with Gasteiger partial charge in [0.1, 0.15) is 23.3 Å². The van der Waals surface area contributed by atoms with E-state index in [1.54, 1.807) is 48.7 Å². The second-order valence-electron chi connectivity index (χ2n) is 7.38. The zero-order valence-corrected chi connectivity index (χ0v) is 18.1. The molecule has 0 saturated carbocycles. The predicted octanol–water partition coefficient (Wildman–Crippen LogP) is 5.10. The van der Waals surface area contributed by atoms with Crippen LogP contribution in [0.2, 0.25) is 0 Å². The Morgan fingerprint density at radius 1 is 0.848 bits per heavy atom. The molecule has 8 heteroatoms. The van der Waals surface area contributed by atoms with Crippen LogP contribution < -0.4 is 16.0 Å². The Morgan fingerprint density at radius 3 is 2.30 bits per heavy atom.